The lowest BCUT2D eigenvalue weighted by Gasteiger charge is -2.17. The summed E-state index contributed by atoms with van der Waals surface area (Å²) in [5.74, 6) is -1.12. The van der Waals surface area contributed by atoms with Crippen molar-refractivity contribution in [2.45, 2.75) is 18.4 Å². The molecule has 8 nitrogen and oxygen atoms in total. The number of carboxylic acid groups (broad SMARTS) is 1. The third-order valence-corrected chi connectivity index (χ3v) is 4.99. The summed E-state index contributed by atoms with van der Waals surface area (Å²) in [7, 11) is 1.62. The van der Waals surface area contributed by atoms with E-state index in [1.165, 1.54) is 11.0 Å². The molecule has 1 unspecified atom stereocenters. The van der Waals surface area contributed by atoms with Gasteiger partial charge in [0.05, 0.1) is 18.7 Å². The molecule has 1 heterocycles. The van der Waals surface area contributed by atoms with E-state index in [9.17, 15) is 9.59 Å². The van der Waals surface area contributed by atoms with Crippen LogP contribution in [-0.4, -0.2) is 38.8 Å². The Bertz CT molecular complexity index is 1020. The predicted octanol–water partition coefficient (Wildman–Crippen LogP) is 2.87. The van der Waals surface area contributed by atoms with Gasteiger partial charge in [0.15, 0.2) is 0 Å². The molecular formula is C21H20N4O4. The molecule has 1 aromatic heterocycles. The molecule has 0 bridgehead atoms. The van der Waals surface area contributed by atoms with Gasteiger partial charge in [-0.25, -0.2) is 4.79 Å². The average molecular weight is 392 g/mol. The first kappa shape index (κ1) is 18.7. The van der Waals surface area contributed by atoms with Gasteiger partial charge in [-0.05, 0) is 22.3 Å². The minimum Gasteiger partial charge on any atom is -0.481 e. The number of nitrogens with one attached hydrogen (secondary N) is 1. The number of nitrogens with zero attached hydrogens (tertiary/aromatic N) is 3. The predicted molar refractivity (Wildman–Crippen MR) is 104 cm³/mol. The first-order valence-electron chi connectivity index (χ1n) is 9.22. The quantitative estimate of drug-likeness (QED) is 0.668. The van der Waals surface area contributed by atoms with Crippen LogP contribution in [0.1, 0.15) is 35.2 Å². The highest BCUT2D eigenvalue weighted by molar-refractivity contribution is 5.79. The van der Waals surface area contributed by atoms with E-state index in [0.717, 1.165) is 22.3 Å². The summed E-state index contributed by atoms with van der Waals surface area (Å²) in [5, 5.41) is 19.7. The van der Waals surface area contributed by atoms with E-state index < -0.39 is 18.1 Å². The number of hydrogen-bond acceptors (Lipinski definition) is 5. The van der Waals surface area contributed by atoms with Crippen LogP contribution in [0, 0.1) is 0 Å². The smallest absolute Gasteiger partial charge is 0.407 e. The Kier molecular flexibility index (Phi) is 4.99. The monoisotopic (exact) mass is 392 g/mol. The standard InChI is InChI=1S/C21H20N4O4/c1-25-22-11-19(24-25)18(10-20(26)27)23-21(28)29-12-17-15-8-4-2-6-13(15)14-7-3-5-9-16(14)17/h2-9,11,17-18H,10,12H2,1H3,(H,23,28)(H,26,27). The number of fused-ring (bicyclic) bond motifs is 3. The highest BCUT2D eigenvalue weighted by Gasteiger charge is 2.29. The minimum absolute atomic E-state index is 0.0670. The molecule has 8 heteroatoms. The van der Waals surface area contributed by atoms with Gasteiger partial charge in [0.25, 0.3) is 0 Å². The maximum Gasteiger partial charge on any atom is 0.407 e. The normalized spacial score (nSPS) is 13.4. The Hall–Kier alpha value is -3.68. The minimum atomic E-state index is -1.06. The van der Waals surface area contributed by atoms with Gasteiger partial charge in [0.2, 0.25) is 0 Å². The first-order valence-corrected chi connectivity index (χ1v) is 9.22. The van der Waals surface area contributed by atoms with E-state index in [1.54, 1.807) is 7.05 Å². The van der Waals surface area contributed by atoms with Crippen LogP contribution in [0.25, 0.3) is 11.1 Å². The van der Waals surface area contributed by atoms with Crippen LogP contribution in [0.5, 0.6) is 0 Å². The van der Waals surface area contributed by atoms with Crippen LogP contribution >= 0.6 is 0 Å². The summed E-state index contributed by atoms with van der Waals surface area (Å²) in [6.45, 7) is 0.153. The maximum absolute atomic E-state index is 12.4. The molecule has 148 valence electrons. The molecule has 1 aliphatic carbocycles. The molecule has 0 radical (unpaired) electrons. The van der Waals surface area contributed by atoms with E-state index >= 15 is 0 Å². The zero-order valence-electron chi connectivity index (χ0n) is 15.8. The molecule has 0 saturated heterocycles. The molecule has 0 fully saturated rings. The summed E-state index contributed by atoms with van der Waals surface area (Å²) in [6, 6.07) is 15.3. The molecule has 0 aliphatic heterocycles. The number of carbonyl (C=O) groups excluding carboxylic acids is 1. The van der Waals surface area contributed by atoms with E-state index in [0.29, 0.717) is 5.69 Å². The van der Waals surface area contributed by atoms with Gasteiger partial charge in [0, 0.05) is 13.0 Å². The zero-order valence-corrected chi connectivity index (χ0v) is 15.8. The van der Waals surface area contributed by atoms with E-state index in [-0.39, 0.29) is 18.9 Å². The van der Waals surface area contributed by atoms with Gasteiger partial charge in [0.1, 0.15) is 12.3 Å². The Morgan fingerprint density at radius 3 is 2.31 bits per heavy atom. The van der Waals surface area contributed by atoms with E-state index in [2.05, 4.69) is 27.6 Å². The van der Waals surface area contributed by atoms with Crippen molar-refractivity contribution < 1.29 is 19.4 Å². The van der Waals surface area contributed by atoms with Crippen LogP contribution in [0.15, 0.2) is 54.7 Å². The summed E-state index contributed by atoms with van der Waals surface area (Å²) in [4.78, 5) is 24.9. The maximum atomic E-state index is 12.4. The number of carboxylic acids is 1. The topological polar surface area (TPSA) is 106 Å². The van der Waals surface area contributed by atoms with Crippen LogP contribution in [0.3, 0.4) is 0 Å². The molecule has 3 aromatic rings. The second kappa shape index (κ2) is 7.75. The van der Waals surface area contributed by atoms with E-state index in [4.69, 9.17) is 9.84 Å². The zero-order chi connectivity index (χ0) is 20.4. The van der Waals surface area contributed by atoms with Crippen LogP contribution < -0.4 is 5.32 Å². The Morgan fingerprint density at radius 1 is 1.14 bits per heavy atom. The molecule has 2 aromatic carbocycles. The van der Waals surface area contributed by atoms with Gasteiger partial charge in [-0.15, -0.1) is 0 Å². The van der Waals surface area contributed by atoms with E-state index in [1.807, 2.05) is 36.4 Å². The van der Waals surface area contributed by atoms with Gasteiger partial charge >= 0.3 is 12.1 Å². The molecule has 4 rings (SSSR count). The molecular weight excluding hydrogens is 372 g/mol. The third-order valence-electron chi connectivity index (χ3n) is 4.99. The largest absolute Gasteiger partial charge is 0.481 e. The number of benzene rings is 2. The van der Waals surface area contributed by atoms with Crippen LogP contribution in [-0.2, 0) is 16.6 Å². The lowest BCUT2D eigenvalue weighted by Crippen LogP contribution is -2.32. The Morgan fingerprint density at radius 2 is 1.76 bits per heavy atom. The fourth-order valence-electron chi connectivity index (χ4n) is 3.71. The van der Waals surface area contributed by atoms with Crippen molar-refractivity contribution in [2.75, 3.05) is 6.61 Å². The second-order valence-electron chi connectivity index (χ2n) is 6.88. The number of carbonyl (C=O) groups is 2. The highest BCUT2D eigenvalue weighted by Crippen LogP contribution is 2.44. The number of aromatic nitrogens is 3. The lowest BCUT2D eigenvalue weighted by molar-refractivity contribution is -0.137. The molecule has 0 spiro atoms. The average Bonchev–Trinajstić information content (AvgIpc) is 3.27. The number of ether oxygens (including phenoxy) is 1. The highest BCUT2D eigenvalue weighted by atomic mass is 16.5. The summed E-state index contributed by atoms with van der Waals surface area (Å²) < 4.78 is 5.48. The number of aliphatic carboxylic acids is 1. The number of alkyl carbamates (subject to hydrolysis) is 1. The lowest BCUT2D eigenvalue weighted by atomic mass is 9.98. The van der Waals surface area contributed by atoms with Crippen LogP contribution in [0.4, 0.5) is 4.79 Å². The number of rotatable bonds is 6. The molecule has 1 amide bonds. The summed E-state index contributed by atoms with van der Waals surface area (Å²) in [5.41, 5.74) is 4.86. The first-order chi connectivity index (χ1) is 14.0. The van der Waals surface area contributed by atoms with Crippen molar-refractivity contribution in [3.63, 3.8) is 0 Å². The van der Waals surface area contributed by atoms with Gasteiger partial charge in [-0.2, -0.15) is 15.0 Å². The van der Waals surface area contributed by atoms with Gasteiger partial charge in [-0.1, -0.05) is 48.5 Å². The van der Waals surface area contributed by atoms with Crippen molar-refractivity contribution in [2.24, 2.45) is 7.05 Å². The van der Waals surface area contributed by atoms with Crippen LogP contribution in [0.2, 0.25) is 0 Å². The number of aryl methyl sites for hydroxylation is 1. The van der Waals surface area contributed by atoms with Crippen molar-refractivity contribution >= 4 is 12.1 Å². The molecule has 1 aliphatic rings. The van der Waals surface area contributed by atoms with Crippen molar-refractivity contribution in [1.29, 1.82) is 0 Å². The van der Waals surface area contributed by atoms with Gasteiger partial charge < -0.3 is 15.2 Å². The molecule has 2 N–H and O–H groups in total. The second-order valence-corrected chi connectivity index (χ2v) is 6.88. The molecule has 1 atom stereocenters. The number of hydrogen-bond donors (Lipinski definition) is 2. The molecule has 29 heavy (non-hydrogen) atoms. The van der Waals surface area contributed by atoms with Crippen molar-refractivity contribution in [3.8, 4) is 11.1 Å². The Balaban J connectivity index is 1.47. The fraction of sp³-hybridized carbons (Fsp3) is 0.238. The number of amides is 1. The molecule has 0 saturated carbocycles. The summed E-state index contributed by atoms with van der Waals surface area (Å²) >= 11 is 0. The third kappa shape index (κ3) is 3.82. The SMILES string of the molecule is Cn1ncc(C(CC(=O)O)NC(=O)OCC2c3ccccc3-c3ccccc32)n1. The van der Waals surface area contributed by atoms with Gasteiger partial charge in [-0.3, -0.25) is 4.79 Å². The summed E-state index contributed by atoms with van der Waals surface area (Å²) in [6.07, 6.45) is 0.420. The van der Waals surface area contributed by atoms with Crippen molar-refractivity contribution in [1.82, 2.24) is 20.3 Å². The fourth-order valence-corrected chi connectivity index (χ4v) is 3.71. The Labute approximate surface area is 167 Å². The van der Waals surface area contributed by atoms with Crippen molar-refractivity contribution in [3.05, 3.63) is 71.5 Å².